The summed E-state index contributed by atoms with van der Waals surface area (Å²) in [5.41, 5.74) is 8.41. The maximum atomic E-state index is 13.2. The van der Waals surface area contributed by atoms with Crippen molar-refractivity contribution in [2.24, 2.45) is 10.7 Å². The highest BCUT2D eigenvalue weighted by Crippen LogP contribution is 2.34. The first-order valence-electron chi connectivity index (χ1n) is 8.53. The van der Waals surface area contributed by atoms with Gasteiger partial charge in [0.05, 0.1) is 12.1 Å². The normalized spacial score (nSPS) is 13.6. The topological polar surface area (TPSA) is 63.3 Å². The Labute approximate surface area is 150 Å². The van der Waals surface area contributed by atoms with E-state index in [1.807, 2.05) is 12.3 Å². The molecule has 0 spiro atoms. The summed E-state index contributed by atoms with van der Waals surface area (Å²) >= 11 is 0. The Hall–Kier alpha value is -2.41. The van der Waals surface area contributed by atoms with Crippen LogP contribution in [0.25, 0.3) is 0 Å². The molecule has 1 aromatic carbocycles. The van der Waals surface area contributed by atoms with Crippen LogP contribution in [-0.4, -0.2) is 17.7 Å². The van der Waals surface area contributed by atoms with Gasteiger partial charge in [0.25, 0.3) is 0 Å². The second-order valence-corrected chi connectivity index (χ2v) is 6.37. The van der Waals surface area contributed by atoms with E-state index in [0.717, 1.165) is 35.7 Å². The van der Waals surface area contributed by atoms with Crippen LogP contribution in [0.4, 0.5) is 24.7 Å². The zero-order valence-electron chi connectivity index (χ0n) is 14.5. The number of fused-ring (bicyclic) bond motifs is 1. The summed E-state index contributed by atoms with van der Waals surface area (Å²) in [7, 11) is 0. The molecule has 1 aliphatic rings. The lowest BCUT2D eigenvalue weighted by atomic mass is 10.0. The van der Waals surface area contributed by atoms with Crippen molar-refractivity contribution in [1.29, 1.82) is 0 Å². The van der Waals surface area contributed by atoms with E-state index in [2.05, 4.69) is 15.3 Å². The van der Waals surface area contributed by atoms with Gasteiger partial charge in [-0.05, 0) is 55.6 Å². The van der Waals surface area contributed by atoms with Crippen LogP contribution in [0.3, 0.4) is 0 Å². The van der Waals surface area contributed by atoms with Crippen LogP contribution in [0.15, 0.2) is 29.3 Å². The van der Waals surface area contributed by atoms with Crippen molar-refractivity contribution in [2.75, 3.05) is 11.9 Å². The Morgan fingerprint density at radius 2 is 2.04 bits per heavy atom. The van der Waals surface area contributed by atoms with Gasteiger partial charge in [0, 0.05) is 29.6 Å². The molecule has 138 valence electrons. The number of hydrogen-bond donors (Lipinski definition) is 2. The lowest BCUT2D eigenvalue weighted by molar-refractivity contribution is -0.138. The quantitative estimate of drug-likeness (QED) is 0.839. The number of nitrogens with two attached hydrogens (primary N) is 1. The summed E-state index contributed by atoms with van der Waals surface area (Å²) in [6, 6.07) is 6.27. The number of hydrogen-bond acceptors (Lipinski definition) is 4. The number of aliphatic imine (C=N–C) groups is 1. The summed E-state index contributed by atoms with van der Waals surface area (Å²) in [5, 5.41) is 3.07. The Morgan fingerprint density at radius 3 is 2.77 bits per heavy atom. The minimum absolute atomic E-state index is 0.194. The number of pyridine rings is 1. The van der Waals surface area contributed by atoms with Crippen molar-refractivity contribution in [1.82, 2.24) is 4.98 Å². The highest BCUT2D eigenvalue weighted by Gasteiger charge is 2.32. The zero-order chi connectivity index (χ0) is 18.7. The maximum absolute atomic E-state index is 13.2. The number of nitrogens with zero attached hydrogens (tertiary/aromatic N) is 2. The molecular formula is C19H21F3N4. The first kappa shape index (κ1) is 18.4. The minimum atomic E-state index is -4.39. The Bertz CT molecular complexity index is 828. The van der Waals surface area contributed by atoms with Gasteiger partial charge < -0.3 is 11.1 Å². The number of aryl methyl sites for hydroxylation is 2. The van der Waals surface area contributed by atoms with Gasteiger partial charge in [-0.15, -0.1) is 0 Å². The second kappa shape index (κ2) is 7.45. The summed E-state index contributed by atoms with van der Waals surface area (Å²) in [5.74, 6) is 0.573. The van der Waals surface area contributed by atoms with Gasteiger partial charge in [0.1, 0.15) is 5.82 Å². The average molecular weight is 362 g/mol. The Kier molecular flexibility index (Phi) is 5.27. The van der Waals surface area contributed by atoms with Gasteiger partial charge in [0.15, 0.2) is 0 Å². The molecule has 2 heterocycles. The third kappa shape index (κ3) is 4.04. The van der Waals surface area contributed by atoms with Gasteiger partial charge >= 0.3 is 6.18 Å². The van der Waals surface area contributed by atoms with E-state index in [0.29, 0.717) is 31.0 Å². The van der Waals surface area contributed by atoms with Gasteiger partial charge in [0.2, 0.25) is 0 Å². The van der Waals surface area contributed by atoms with Crippen molar-refractivity contribution in [3.8, 4) is 0 Å². The molecule has 0 atom stereocenters. The molecule has 4 nitrogen and oxygen atoms in total. The smallest absolute Gasteiger partial charge is 0.340 e. The molecular weight excluding hydrogens is 341 g/mol. The first-order valence-corrected chi connectivity index (χ1v) is 8.53. The van der Waals surface area contributed by atoms with Gasteiger partial charge in [-0.3, -0.25) is 4.99 Å². The van der Waals surface area contributed by atoms with Crippen molar-refractivity contribution >= 4 is 17.7 Å². The summed E-state index contributed by atoms with van der Waals surface area (Å²) < 4.78 is 39.5. The van der Waals surface area contributed by atoms with Crippen LogP contribution in [0, 0.1) is 6.92 Å². The lowest BCUT2D eigenvalue weighted by Gasteiger charge is -2.19. The van der Waals surface area contributed by atoms with Crippen LogP contribution in [0.1, 0.15) is 34.4 Å². The van der Waals surface area contributed by atoms with E-state index in [9.17, 15) is 13.2 Å². The second-order valence-electron chi connectivity index (χ2n) is 6.37. The molecule has 3 N–H and O–H groups in total. The van der Waals surface area contributed by atoms with E-state index in [4.69, 9.17) is 5.73 Å². The molecule has 1 aromatic heterocycles. The van der Waals surface area contributed by atoms with Gasteiger partial charge in [-0.2, -0.15) is 13.2 Å². The third-order valence-corrected chi connectivity index (χ3v) is 4.40. The molecule has 3 rings (SSSR count). The fraction of sp³-hybridized carbons (Fsp3) is 0.368. The molecule has 0 radical (unpaired) electrons. The Balaban J connectivity index is 1.97. The molecule has 0 unspecified atom stereocenters. The van der Waals surface area contributed by atoms with Crippen LogP contribution in [0.5, 0.6) is 0 Å². The fourth-order valence-corrected chi connectivity index (χ4v) is 3.02. The van der Waals surface area contributed by atoms with E-state index in [-0.39, 0.29) is 5.56 Å². The minimum Gasteiger partial charge on any atom is -0.340 e. The van der Waals surface area contributed by atoms with Crippen LogP contribution >= 0.6 is 0 Å². The molecule has 0 saturated heterocycles. The largest absolute Gasteiger partial charge is 0.416 e. The van der Waals surface area contributed by atoms with Gasteiger partial charge in [-0.1, -0.05) is 6.07 Å². The van der Waals surface area contributed by atoms with Crippen molar-refractivity contribution in [3.63, 3.8) is 0 Å². The molecule has 2 aromatic rings. The fourth-order valence-electron chi connectivity index (χ4n) is 3.02. The Morgan fingerprint density at radius 1 is 1.23 bits per heavy atom. The van der Waals surface area contributed by atoms with Crippen molar-refractivity contribution < 1.29 is 13.2 Å². The average Bonchev–Trinajstić information content (AvgIpc) is 2.60. The number of alkyl halides is 3. The highest BCUT2D eigenvalue weighted by atomic mass is 19.4. The van der Waals surface area contributed by atoms with Gasteiger partial charge in [-0.25, -0.2) is 4.98 Å². The molecule has 7 heteroatoms. The number of rotatable bonds is 5. The lowest BCUT2D eigenvalue weighted by Crippen LogP contribution is -2.11. The first-order chi connectivity index (χ1) is 12.4. The van der Waals surface area contributed by atoms with E-state index < -0.39 is 11.7 Å². The predicted molar refractivity (Wildman–Crippen MR) is 97.0 cm³/mol. The number of anilines is 2. The zero-order valence-corrected chi connectivity index (χ0v) is 14.5. The highest BCUT2D eigenvalue weighted by molar-refractivity contribution is 5.70. The van der Waals surface area contributed by atoms with E-state index >= 15 is 0 Å². The number of benzene rings is 1. The molecule has 1 aliphatic heterocycles. The third-order valence-electron chi connectivity index (χ3n) is 4.40. The SMILES string of the molecule is Cc1ccc(Nc2nc(CCCN)cc3c2CN=CC3)cc1C(F)(F)F. The predicted octanol–water partition coefficient (Wildman–Crippen LogP) is 4.17. The number of aromatic nitrogens is 1. The molecule has 0 aliphatic carbocycles. The molecule has 0 fully saturated rings. The van der Waals surface area contributed by atoms with Crippen molar-refractivity contribution in [3.05, 3.63) is 52.2 Å². The molecule has 26 heavy (non-hydrogen) atoms. The number of nitrogens with one attached hydrogen (secondary N) is 1. The van der Waals surface area contributed by atoms with Crippen molar-refractivity contribution in [2.45, 2.75) is 38.9 Å². The van der Waals surface area contributed by atoms with E-state index in [1.165, 1.54) is 13.0 Å². The van der Waals surface area contributed by atoms with Crippen LogP contribution in [0.2, 0.25) is 0 Å². The van der Waals surface area contributed by atoms with Crippen LogP contribution < -0.4 is 11.1 Å². The maximum Gasteiger partial charge on any atom is 0.416 e. The molecule has 0 bridgehead atoms. The van der Waals surface area contributed by atoms with E-state index in [1.54, 1.807) is 6.07 Å². The monoisotopic (exact) mass is 362 g/mol. The summed E-state index contributed by atoms with van der Waals surface area (Å²) in [6.07, 6.45) is -0.294. The standard InChI is InChI=1S/C19H21F3N4/c1-12-4-5-15(10-17(12)19(20,21)22)26-18-16-11-24-8-6-13(16)9-14(25-18)3-2-7-23/h4-5,8-10H,2-3,6-7,11,23H2,1H3,(H,25,26). The summed E-state index contributed by atoms with van der Waals surface area (Å²) in [6.45, 7) is 2.49. The van der Waals surface area contributed by atoms with Crippen LogP contribution in [-0.2, 0) is 25.6 Å². The molecule has 0 amide bonds. The summed E-state index contributed by atoms with van der Waals surface area (Å²) in [4.78, 5) is 8.89. The number of halogens is 3. The molecule has 0 saturated carbocycles.